The molecule has 1 aromatic rings. The summed E-state index contributed by atoms with van der Waals surface area (Å²) in [5.74, 6) is -0.330. The number of hydrogen-bond donors (Lipinski definition) is 0. The fraction of sp³-hybridized carbons (Fsp3) is 0.250. The van der Waals surface area contributed by atoms with Gasteiger partial charge in [0.15, 0.2) is 0 Å². The zero-order valence-corrected chi connectivity index (χ0v) is 8.25. The summed E-state index contributed by atoms with van der Waals surface area (Å²) in [6.45, 7) is 0. The molecule has 0 fully saturated rings. The predicted molar refractivity (Wildman–Crippen MR) is 47.7 cm³/mol. The third kappa shape index (κ3) is 3.27. The average Bonchev–Trinajstić information content (AvgIpc) is 2.06. The number of halogens is 5. The molecule has 0 amide bonds. The van der Waals surface area contributed by atoms with Crippen molar-refractivity contribution >= 4 is 23.2 Å². The van der Waals surface area contributed by atoms with Crippen LogP contribution in [0.3, 0.4) is 0 Å². The van der Waals surface area contributed by atoms with E-state index in [0.29, 0.717) is 5.56 Å². The Kier molecular flexibility index (Phi) is 3.50. The van der Waals surface area contributed by atoms with Crippen LogP contribution in [-0.2, 0) is 5.88 Å². The summed E-state index contributed by atoms with van der Waals surface area (Å²) < 4.78 is 39.2. The molecule has 0 aromatic heterocycles. The van der Waals surface area contributed by atoms with Crippen molar-refractivity contribution in [2.45, 2.75) is 12.2 Å². The minimum absolute atomic E-state index is 0.101. The molecule has 1 rings (SSSR count). The maximum absolute atomic E-state index is 11.8. The van der Waals surface area contributed by atoms with Crippen molar-refractivity contribution in [2.24, 2.45) is 0 Å². The minimum Gasteiger partial charge on any atom is -0.404 e. The molecule has 0 spiro atoms. The van der Waals surface area contributed by atoms with Crippen molar-refractivity contribution in [3.63, 3.8) is 0 Å². The summed E-state index contributed by atoms with van der Waals surface area (Å²) in [5, 5.41) is -0.101. The van der Waals surface area contributed by atoms with Crippen LogP contribution in [0.1, 0.15) is 5.56 Å². The molecule has 0 N–H and O–H groups in total. The third-order valence-electron chi connectivity index (χ3n) is 1.38. The quantitative estimate of drug-likeness (QED) is 0.716. The van der Waals surface area contributed by atoms with E-state index in [1.807, 2.05) is 0 Å². The molecular formula is C8H5Cl2F3O. The highest BCUT2D eigenvalue weighted by Gasteiger charge is 2.32. The summed E-state index contributed by atoms with van der Waals surface area (Å²) >= 11 is 10.9. The molecule has 0 saturated carbocycles. The third-order valence-corrected chi connectivity index (χ3v) is 2.00. The molecule has 0 aliphatic heterocycles. The molecule has 0 bridgehead atoms. The molecule has 0 heterocycles. The molecule has 14 heavy (non-hydrogen) atoms. The van der Waals surface area contributed by atoms with Gasteiger partial charge in [-0.05, 0) is 17.7 Å². The van der Waals surface area contributed by atoms with Gasteiger partial charge in [-0.25, -0.2) is 0 Å². The number of hydrogen-bond acceptors (Lipinski definition) is 1. The first-order valence-corrected chi connectivity index (χ1v) is 4.44. The van der Waals surface area contributed by atoms with Gasteiger partial charge in [0.1, 0.15) is 5.75 Å². The Morgan fingerprint density at radius 3 is 2.43 bits per heavy atom. The fourth-order valence-corrected chi connectivity index (χ4v) is 1.16. The van der Waals surface area contributed by atoms with Gasteiger partial charge in [0, 0.05) is 5.88 Å². The van der Waals surface area contributed by atoms with Gasteiger partial charge in [-0.15, -0.1) is 24.8 Å². The van der Waals surface area contributed by atoms with Crippen LogP contribution in [-0.4, -0.2) is 6.36 Å². The second kappa shape index (κ2) is 4.28. The van der Waals surface area contributed by atoms with Gasteiger partial charge in [0.25, 0.3) is 0 Å². The molecule has 0 saturated heterocycles. The number of alkyl halides is 4. The van der Waals surface area contributed by atoms with E-state index in [1.165, 1.54) is 12.1 Å². The van der Waals surface area contributed by atoms with Gasteiger partial charge in [0.2, 0.25) is 0 Å². The zero-order chi connectivity index (χ0) is 10.8. The summed E-state index contributed by atoms with van der Waals surface area (Å²) in [6.07, 6.45) is -4.74. The van der Waals surface area contributed by atoms with Crippen molar-refractivity contribution in [1.82, 2.24) is 0 Å². The van der Waals surface area contributed by atoms with E-state index in [0.717, 1.165) is 6.07 Å². The van der Waals surface area contributed by atoms with Gasteiger partial charge in [-0.2, -0.15) is 0 Å². The molecule has 0 radical (unpaired) electrons. The molecule has 0 unspecified atom stereocenters. The molecule has 0 aliphatic rings. The lowest BCUT2D eigenvalue weighted by Crippen LogP contribution is -2.17. The van der Waals surface area contributed by atoms with Crippen molar-refractivity contribution in [3.8, 4) is 5.75 Å². The highest BCUT2D eigenvalue weighted by atomic mass is 35.5. The Morgan fingerprint density at radius 1 is 1.29 bits per heavy atom. The number of rotatable bonds is 2. The maximum atomic E-state index is 11.8. The summed E-state index contributed by atoms with van der Waals surface area (Å²) in [5.41, 5.74) is 0.510. The molecule has 6 heteroatoms. The lowest BCUT2D eigenvalue weighted by molar-refractivity contribution is -0.274. The van der Waals surface area contributed by atoms with E-state index in [4.69, 9.17) is 23.2 Å². The minimum atomic E-state index is -4.74. The topological polar surface area (TPSA) is 9.23 Å². The van der Waals surface area contributed by atoms with E-state index >= 15 is 0 Å². The van der Waals surface area contributed by atoms with E-state index in [9.17, 15) is 13.2 Å². The van der Waals surface area contributed by atoms with Crippen LogP contribution in [0.5, 0.6) is 5.75 Å². The number of benzene rings is 1. The fourth-order valence-electron chi connectivity index (χ4n) is 0.834. The highest BCUT2D eigenvalue weighted by molar-refractivity contribution is 6.32. The van der Waals surface area contributed by atoms with Crippen LogP contribution in [0.15, 0.2) is 18.2 Å². The molecule has 78 valence electrons. The first-order valence-electron chi connectivity index (χ1n) is 3.52. The lowest BCUT2D eigenvalue weighted by atomic mass is 10.2. The Morgan fingerprint density at radius 2 is 1.93 bits per heavy atom. The lowest BCUT2D eigenvalue weighted by Gasteiger charge is -2.10. The van der Waals surface area contributed by atoms with Gasteiger partial charge in [0.05, 0.1) is 5.02 Å². The van der Waals surface area contributed by atoms with E-state index in [1.54, 1.807) is 0 Å². The van der Waals surface area contributed by atoms with Crippen molar-refractivity contribution in [3.05, 3.63) is 28.8 Å². The first-order chi connectivity index (χ1) is 6.42. The van der Waals surface area contributed by atoms with Gasteiger partial charge < -0.3 is 4.74 Å². The van der Waals surface area contributed by atoms with Crippen molar-refractivity contribution < 1.29 is 17.9 Å². The van der Waals surface area contributed by atoms with E-state index in [-0.39, 0.29) is 10.9 Å². The van der Waals surface area contributed by atoms with Crippen LogP contribution in [0, 0.1) is 0 Å². The van der Waals surface area contributed by atoms with Crippen LogP contribution >= 0.6 is 23.2 Å². The van der Waals surface area contributed by atoms with Crippen LogP contribution in [0.2, 0.25) is 5.02 Å². The Labute approximate surface area is 88.4 Å². The van der Waals surface area contributed by atoms with Gasteiger partial charge in [-0.3, -0.25) is 0 Å². The summed E-state index contributed by atoms with van der Waals surface area (Å²) in [7, 11) is 0. The maximum Gasteiger partial charge on any atom is 0.573 e. The SMILES string of the molecule is FC(F)(F)Oc1cc(CCl)ccc1Cl. The largest absolute Gasteiger partial charge is 0.573 e. The average molecular weight is 245 g/mol. The van der Waals surface area contributed by atoms with E-state index < -0.39 is 12.1 Å². The summed E-state index contributed by atoms with van der Waals surface area (Å²) in [4.78, 5) is 0. The molecular weight excluding hydrogens is 240 g/mol. The molecule has 0 aliphatic carbocycles. The normalized spacial score (nSPS) is 11.5. The molecule has 0 atom stereocenters. The van der Waals surface area contributed by atoms with Crippen molar-refractivity contribution in [1.29, 1.82) is 0 Å². The van der Waals surface area contributed by atoms with E-state index in [2.05, 4.69) is 4.74 Å². The van der Waals surface area contributed by atoms with Crippen LogP contribution < -0.4 is 4.74 Å². The van der Waals surface area contributed by atoms with Crippen LogP contribution in [0.25, 0.3) is 0 Å². The molecule has 1 aromatic carbocycles. The first kappa shape index (κ1) is 11.5. The second-order valence-electron chi connectivity index (χ2n) is 2.45. The monoisotopic (exact) mass is 244 g/mol. The Bertz CT molecular complexity index is 325. The summed E-state index contributed by atoms with van der Waals surface area (Å²) in [6, 6.07) is 3.99. The van der Waals surface area contributed by atoms with Crippen molar-refractivity contribution in [2.75, 3.05) is 0 Å². The zero-order valence-electron chi connectivity index (χ0n) is 6.74. The molecule has 1 nitrogen and oxygen atoms in total. The second-order valence-corrected chi connectivity index (χ2v) is 3.12. The highest BCUT2D eigenvalue weighted by Crippen LogP contribution is 2.31. The Hall–Kier alpha value is -0.610. The standard InChI is InChI=1S/C8H5Cl2F3O/c9-4-5-1-2-6(10)7(3-5)14-8(11,12)13/h1-3H,4H2. The Balaban J connectivity index is 2.95. The van der Waals surface area contributed by atoms with Gasteiger partial charge in [-0.1, -0.05) is 17.7 Å². The smallest absolute Gasteiger partial charge is 0.404 e. The van der Waals surface area contributed by atoms with Gasteiger partial charge >= 0.3 is 6.36 Å². The number of ether oxygens (including phenoxy) is 1. The predicted octanol–water partition coefficient (Wildman–Crippen LogP) is 3.98. The van der Waals surface area contributed by atoms with Crippen LogP contribution in [0.4, 0.5) is 13.2 Å².